The fourth-order valence-electron chi connectivity index (χ4n) is 5.30. The predicted octanol–water partition coefficient (Wildman–Crippen LogP) is 7.27. The lowest BCUT2D eigenvalue weighted by atomic mass is 10.0. The Morgan fingerprint density at radius 2 is 1.14 bits per heavy atom. The molecule has 1 aliphatic rings. The summed E-state index contributed by atoms with van der Waals surface area (Å²) in [5.41, 5.74) is 0. The Bertz CT molecular complexity index is 444. The highest BCUT2D eigenvalue weighted by Crippen LogP contribution is 2.15. The van der Waals surface area contributed by atoms with Crippen LogP contribution in [-0.4, -0.2) is 72.9 Å². The fourth-order valence-corrected chi connectivity index (χ4v) is 5.30. The molecule has 0 aromatic rings. The first-order valence-corrected chi connectivity index (χ1v) is 15.9. The molecule has 0 aliphatic carbocycles. The van der Waals surface area contributed by atoms with Crippen molar-refractivity contribution in [3.63, 3.8) is 0 Å². The zero-order chi connectivity index (χ0) is 26.1. The molecule has 0 amide bonds. The highest BCUT2D eigenvalue weighted by Gasteiger charge is 2.17. The van der Waals surface area contributed by atoms with Gasteiger partial charge in [-0.2, -0.15) is 0 Å². The average Bonchev–Trinajstić information content (AvgIpc) is 2.88. The molecule has 0 spiro atoms. The molecule has 1 heterocycles. The summed E-state index contributed by atoms with van der Waals surface area (Å²) in [6.45, 7) is 8.99. The summed E-state index contributed by atoms with van der Waals surface area (Å²) in [5, 5.41) is 21.4. The summed E-state index contributed by atoms with van der Waals surface area (Å²) in [4.78, 5) is 2.32. The van der Waals surface area contributed by atoms with E-state index < -0.39 is 0 Å². The van der Waals surface area contributed by atoms with Crippen molar-refractivity contribution >= 4 is 0 Å². The van der Waals surface area contributed by atoms with Crippen LogP contribution in [0.25, 0.3) is 0 Å². The van der Waals surface area contributed by atoms with Crippen molar-refractivity contribution in [1.82, 2.24) is 4.90 Å². The molecule has 2 N–H and O–H groups in total. The second-order valence-electron chi connectivity index (χ2n) is 11.3. The van der Waals surface area contributed by atoms with Crippen LogP contribution in [0, 0.1) is 0 Å². The van der Waals surface area contributed by atoms with E-state index >= 15 is 0 Å². The minimum atomic E-state index is -0.286. The average molecular weight is 514 g/mol. The number of hydrogen-bond donors (Lipinski definition) is 2. The van der Waals surface area contributed by atoms with Gasteiger partial charge in [-0.3, -0.25) is 4.90 Å². The molecule has 36 heavy (non-hydrogen) atoms. The number of rotatable bonds is 26. The van der Waals surface area contributed by atoms with Crippen molar-refractivity contribution < 1.29 is 19.7 Å². The normalized spacial score (nSPS) is 18.1. The van der Waals surface area contributed by atoms with Crippen LogP contribution >= 0.6 is 0 Å². The first kappa shape index (κ1) is 33.8. The number of nitrogens with zero attached hydrogens (tertiary/aromatic N) is 1. The Morgan fingerprint density at radius 3 is 1.61 bits per heavy atom. The van der Waals surface area contributed by atoms with Gasteiger partial charge in [0.25, 0.3) is 0 Å². The maximum Gasteiger partial charge on any atom is 0.0809 e. The Morgan fingerprint density at radius 1 is 0.639 bits per heavy atom. The van der Waals surface area contributed by atoms with Gasteiger partial charge in [-0.25, -0.2) is 0 Å². The smallest absolute Gasteiger partial charge is 0.0809 e. The van der Waals surface area contributed by atoms with Gasteiger partial charge in [0.2, 0.25) is 0 Å². The van der Waals surface area contributed by atoms with Crippen molar-refractivity contribution in [1.29, 1.82) is 0 Å². The van der Waals surface area contributed by atoms with Gasteiger partial charge in [0, 0.05) is 13.1 Å². The molecule has 216 valence electrons. The number of aliphatic hydroxyl groups excluding tert-OH is 2. The van der Waals surface area contributed by atoms with E-state index in [1.807, 2.05) is 0 Å². The van der Waals surface area contributed by atoms with Gasteiger partial charge in [-0.15, -0.1) is 0 Å². The zero-order valence-corrected chi connectivity index (χ0v) is 24.3. The zero-order valence-electron chi connectivity index (χ0n) is 24.3. The van der Waals surface area contributed by atoms with Crippen LogP contribution in [-0.2, 0) is 9.47 Å². The molecule has 0 aromatic heterocycles. The Kier molecular flexibility index (Phi) is 23.6. The highest BCUT2D eigenvalue weighted by atomic mass is 16.6. The molecule has 0 bridgehead atoms. The topological polar surface area (TPSA) is 62.2 Å². The summed E-state index contributed by atoms with van der Waals surface area (Å²) < 4.78 is 11.3. The van der Waals surface area contributed by atoms with Crippen molar-refractivity contribution in [2.75, 3.05) is 39.5 Å². The molecule has 1 rings (SSSR count). The van der Waals surface area contributed by atoms with E-state index in [0.717, 1.165) is 64.7 Å². The van der Waals surface area contributed by atoms with E-state index in [1.165, 1.54) is 83.5 Å². The van der Waals surface area contributed by atoms with Crippen LogP contribution in [0.1, 0.15) is 142 Å². The summed E-state index contributed by atoms with van der Waals surface area (Å²) in [7, 11) is 0. The van der Waals surface area contributed by atoms with Gasteiger partial charge >= 0.3 is 0 Å². The molecule has 5 nitrogen and oxygen atoms in total. The van der Waals surface area contributed by atoms with Crippen LogP contribution in [0.2, 0.25) is 0 Å². The summed E-state index contributed by atoms with van der Waals surface area (Å²) in [6.07, 6.45) is 24.0. The third-order valence-electron chi connectivity index (χ3n) is 7.61. The van der Waals surface area contributed by atoms with Gasteiger partial charge < -0.3 is 19.7 Å². The van der Waals surface area contributed by atoms with Crippen LogP contribution in [0.3, 0.4) is 0 Å². The van der Waals surface area contributed by atoms with Crippen molar-refractivity contribution in [3.05, 3.63) is 0 Å². The minimum Gasteiger partial charge on any atom is -0.392 e. The molecule has 3 unspecified atom stereocenters. The summed E-state index contributed by atoms with van der Waals surface area (Å²) in [6, 6.07) is 0. The molecule has 0 radical (unpaired) electrons. The third kappa shape index (κ3) is 20.8. The lowest BCUT2D eigenvalue weighted by Gasteiger charge is -2.28. The van der Waals surface area contributed by atoms with E-state index in [-0.39, 0.29) is 18.3 Å². The van der Waals surface area contributed by atoms with Gasteiger partial charge in [0.15, 0.2) is 0 Å². The van der Waals surface area contributed by atoms with E-state index in [2.05, 4.69) is 18.7 Å². The number of aliphatic hydroxyl groups is 2. The summed E-state index contributed by atoms with van der Waals surface area (Å²) in [5.74, 6) is 0. The molecule has 1 fully saturated rings. The molecule has 1 aliphatic heterocycles. The van der Waals surface area contributed by atoms with Crippen LogP contribution in [0.4, 0.5) is 0 Å². The Hall–Kier alpha value is -0.200. The maximum absolute atomic E-state index is 10.7. The summed E-state index contributed by atoms with van der Waals surface area (Å²) >= 11 is 0. The van der Waals surface area contributed by atoms with Gasteiger partial charge in [0.1, 0.15) is 0 Å². The number of ether oxygens (including phenoxy) is 2. The SMILES string of the molecule is CCCCCCCCCCC(O)CN(CCCCC1COCCO1)CC(O)CCCCCCCCC. The molecule has 3 atom stereocenters. The molecular formula is C31H63NO4. The largest absolute Gasteiger partial charge is 0.392 e. The second-order valence-corrected chi connectivity index (χ2v) is 11.3. The lowest BCUT2D eigenvalue weighted by Crippen LogP contribution is -2.39. The first-order valence-electron chi connectivity index (χ1n) is 15.9. The third-order valence-corrected chi connectivity index (χ3v) is 7.61. The molecule has 0 saturated carbocycles. The second kappa shape index (κ2) is 25.1. The van der Waals surface area contributed by atoms with Gasteiger partial charge in [-0.05, 0) is 38.6 Å². The lowest BCUT2D eigenvalue weighted by molar-refractivity contribution is -0.0913. The van der Waals surface area contributed by atoms with E-state index in [0.29, 0.717) is 19.7 Å². The quantitative estimate of drug-likeness (QED) is 0.119. The molecule has 5 heteroatoms. The molecule has 1 saturated heterocycles. The fraction of sp³-hybridized carbons (Fsp3) is 1.00. The molecule has 0 aromatic carbocycles. The van der Waals surface area contributed by atoms with Crippen LogP contribution < -0.4 is 0 Å². The van der Waals surface area contributed by atoms with Crippen molar-refractivity contribution in [2.45, 2.75) is 161 Å². The van der Waals surface area contributed by atoms with Crippen molar-refractivity contribution in [3.8, 4) is 0 Å². The van der Waals surface area contributed by atoms with Crippen molar-refractivity contribution in [2.24, 2.45) is 0 Å². The van der Waals surface area contributed by atoms with Gasteiger partial charge in [0.05, 0.1) is 38.1 Å². The maximum atomic E-state index is 10.7. The highest BCUT2D eigenvalue weighted by molar-refractivity contribution is 4.71. The minimum absolute atomic E-state index is 0.239. The number of unbranched alkanes of at least 4 members (excludes halogenated alkanes) is 14. The van der Waals surface area contributed by atoms with E-state index in [9.17, 15) is 10.2 Å². The van der Waals surface area contributed by atoms with Crippen LogP contribution in [0.15, 0.2) is 0 Å². The first-order chi connectivity index (χ1) is 17.7. The monoisotopic (exact) mass is 513 g/mol. The Balaban J connectivity index is 2.27. The Labute approximate surface area is 224 Å². The molecular weight excluding hydrogens is 450 g/mol. The van der Waals surface area contributed by atoms with E-state index in [4.69, 9.17) is 9.47 Å². The van der Waals surface area contributed by atoms with Crippen LogP contribution in [0.5, 0.6) is 0 Å². The standard InChI is InChI=1S/C31H63NO4/c1-3-5-7-9-11-13-15-17-21-30(34)27-32(23-19-18-22-31-28-35-24-25-36-31)26-29(33)20-16-14-12-10-8-6-4-2/h29-31,33-34H,3-28H2,1-2H3. The van der Waals surface area contributed by atoms with E-state index in [1.54, 1.807) is 0 Å². The predicted molar refractivity (Wildman–Crippen MR) is 153 cm³/mol. The number of hydrogen-bond acceptors (Lipinski definition) is 5. The van der Waals surface area contributed by atoms with Gasteiger partial charge in [-0.1, -0.05) is 110 Å².